The number of nitrogens with zero attached hydrogens (tertiary/aromatic N) is 2. The number of aromatic nitrogens is 1. The molecule has 1 aliphatic carbocycles. The van der Waals surface area contributed by atoms with Gasteiger partial charge in [0.1, 0.15) is 5.82 Å². The van der Waals surface area contributed by atoms with Crippen LogP contribution < -0.4 is 5.32 Å². The number of fused-ring (bicyclic) bond motifs is 1. The lowest BCUT2D eigenvalue weighted by Gasteiger charge is -2.48. The van der Waals surface area contributed by atoms with E-state index in [1.807, 2.05) is 0 Å². The summed E-state index contributed by atoms with van der Waals surface area (Å²) in [5.41, 5.74) is 0.0447. The SMILES string of the molecule is COC1(C(F)(F)F)CN(C(=O)Nc2cc3c(cn2)CCC3)C1. The number of ether oxygens (including phenoxy) is 1. The van der Waals surface area contributed by atoms with Crippen LogP contribution in [0.4, 0.5) is 23.8 Å². The van der Waals surface area contributed by atoms with Gasteiger partial charge in [-0.1, -0.05) is 0 Å². The van der Waals surface area contributed by atoms with Crippen molar-refractivity contribution in [2.75, 3.05) is 25.5 Å². The Balaban J connectivity index is 1.62. The third kappa shape index (κ3) is 2.41. The number of alkyl halides is 3. The Morgan fingerprint density at radius 3 is 2.68 bits per heavy atom. The molecule has 1 saturated heterocycles. The Morgan fingerprint density at radius 1 is 1.36 bits per heavy atom. The summed E-state index contributed by atoms with van der Waals surface area (Å²) in [6.45, 7) is -1.02. The van der Waals surface area contributed by atoms with E-state index in [1.54, 1.807) is 12.3 Å². The number of anilines is 1. The third-order valence-electron chi connectivity index (χ3n) is 4.30. The molecule has 2 aliphatic rings. The summed E-state index contributed by atoms with van der Waals surface area (Å²) in [6.07, 6.45) is 0.186. The van der Waals surface area contributed by atoms with Crippen molar-refractivity contribution in [1.82, 2.24) is 9.88 Å². The molecule has 1 aliphatic heterocycles. The first-order chi connectivity index (χ1) is 10.3. The number of halogens is 3. The monoisotopic (exact) mass is 315 g/mol. The number of urea groups is 1. The van der Waals surface area contributed by atoms with Crippen LogP contribution in [0, 0.1) is 0 Å². The molecule has 0 saturated carbocycles. The zero-order valence-electron chi connectivity index (χ0n) is 12.0. The van der Waals surface area contributed by atoms with Gasteiger partial charge in [0.25, 0.3) is 0 Å². The Kier molecular flexibility index (Phi) is 3.51. The molecule has 1 aromatic rings. The van der Waals surface area contributed by atoms with E-state index in [1.165, 1.54) is 0 Å². The Morgan fingerprint density at radius 2 is 2.05 bits per heavy atom. The van der Waals surface area contributed by atoms with Crippen LogP contribution in [0.5, 0.6) is 0 Å². The largest absolute Gasteiger partial charge is 0.420 e. The summed E-state index contributed by atoms with van der Waals surface area (Å²) < 4.78 is 43.2. The van der Waals surface area contributed by atoms with Crippen LogP contribution >= 0.6 is 0 Å². The van der Waals surface area contributed by atoms with Gasteiger partial charge in [-0.25, -0.2) is 9.78 Å². The van der Waals surface area contributed by atoms with E-state index in [0.717, 1.165) is 42.4 Å². The molecule has 0 bridgehead atoms. The summed E-state index contributed by atoms with van der Waals surface area (Å²) in [6, 6.07) is 1.19. The molecule has 3 rings (SSSR count). The highest BCUT2D eigenvalue weighted by Crippen LogP contribution is 2.40. The van der Waals surface area contributed by atoms with Crippen LogP contribution in [0.25, 0.3) is 0 Å². The lowest BCUT2D eigenvalue weighted by Crippen LogP contribution is -2.71. The number of hydrogen-bond donors (Lipinski definition) is 1. The zero-order chi connectivity index (χ0) is 16.0. The molecule has 0 radical (unpaired) electrons. The first-order valence-electron chi connectivity index (χ1n) is 7.00. The smallest absolute Gasteiger partial charge is 0.365 e. The second-order valence-electron chi connectivity index (χ2n) is 5.67. The van der Waals surface area contributed by atoms with Crippen LogP contribution in [-0.2, 0) is 17.6 Å². The summed E-state index contributed by atoms with van der Waals surface area (Å²) in [5, 5.41) is 2.54. The van der Waals surface area contributed by atoms with Crippen LogP contribution in [0.3, 0.4) is 0 Å². The number of likely N-dealkylation sites (tertiary alicyclic amines) is 1. The van der Waals surface area contributed by atoms with Crippen molar-refractivity contribution in [2.45, 2.75) is 31.0 Å². The predicted octanol–water partition coefficient (Wildman–Crippen LogP) is 2.37. The van der Waals surface area contributed by atoms with Gasteiger partial charge >= 0.3 is 12.2 Å². The van der Waals surface area contributed by atoms with E-state index < -0.39 is 30.9 Å². The van der Waals surface area contributed by atoms with Gasteiger partial charge in [-0.2, -0.15) is 13.2 Å². The van der Waals surface area contributed by atoms with Gasteiger partial charge < -0.3 is 9.64 Å². The Bertz CT molecular complexity index is 597. The Labute approximate surface area is 125 Å². The number of nitrogens with one attached hydrogen (secondary N) is 1. The number of rotatable bonds is 2. The normalized spacial score (nSPS) is 19.5. The number of hydrogen-bond acceptors (Lipinski definition) is 3. The van der Waals surface area contributed by atoms with Crippen molar-refractivity contribution >= 4 is 11.8 Å². The molecule has 0 unspecified atom stereocenters. The maximum absolute atomic E-state index is 12.9. The number of methoxy groups -OCH3 is 1. The molecule has 120 valence electrons. The molecule has 0 spiro atoms. The van der Waals surface area contributed by atoms with Crippen molar-refractivity contribution in [2.24, 2.45) is 0 Å². The molecule has 1 N–H and O–H groups in total. The van der Waals surface area contributed by atoms with E-state index in [4.69, 9.17) is 0 Å². The van der Waals surface area contributed by atoms with Crippen LogP contribution in [0.1, 0.15) is 17.5 Å². The van der Waals surface area contributed by atoms with Crippen molar-refractivity contribution < 1.29 is 22.7 Å². The van der Waals surface area contributed by atoms with Crippen molar-refractivity contribution in [1.29, 1.82) is 0 Å². The number of amides is 2. The van der Waals surface area contributed by atoms with E-state index in [0.29, 0.717) is 5.82 Å². The minimum Gasteiger partial charge on any atom is -0.365 e. The molecule has 0 atom stereocenters. The van der Waals surface area contributed by atoms with Crippen LogP contribution in [0.2, 0.25) is 0 Å². The number of aryl methyl sites for hydroxylation is 2. The fourth-order valence-corrected chi connectivity index (χ4v) is 2.85. The highest BCUT2D eigenvalue weighted by molar-refractivity contribution is 5.89. The second-order valence-corrected chi connectivity index (χ2v) is 5.67. The lowest BCUT2D eigenvalue weighted by molar-refractivity contribution is -0.303. The predicted molar refractivity (Wildman–Crippen MR) is 72.6 cm³/mol. The maximum atomic E-state index is 12.9. The average molecular weight is 315 g/mol. The van der Waals surface area contributed by atoms with E-state index in [2.05, 4.69) is 15.0 Å². The molecule has 0 aromatic carbocycles. The minimum atomic E-state index is -4.50. The molecule has 1 aromatic heterocycles. The first-order valence-corrected chi connectivity index (χ1v) is 7.00. The van der Waals surface area contributed by atoms with Gasteiger partial charge in [0.05, 0.1) is 13.1 Å². The van der Waals surface area contributed by atoms with E-state index >= 15 is 0 Å². The van der Waals surface area contributed by atoms with Gasteiger partial charge in [0.2, 0.25) is 0 Å². The summed E-state index contributed by atoms with van der Waals surface area (Å²) >= 11 is 0. The molecular weight excluding hydrogens is 299 g/mol. The summed E-state index contributed by atoms with van der Waals surface area (Å²) in [4.78, 5) is 17.2. The van der Waals surface area contributed by atoms with Gasteiger partial charge in [-0.3, -0.25) is 5.32 Å². The third-order valence-corrected chi connectivity index (χ3v) is 4.30. The van der Waals surface area contributed by atoms with Gasteiger partial charge in [-0.05, 0) is 36.5 Å². The molecule has 5 nitrogen and oxygen atoms in total. The first kappa shape index (κ1) is 15.1. The number of pyridine rings is 1. The summed E-state index contributed by atoms with van der Waals surface area (Å²) in [7, 11) is 1.00. The molecule has 2 amide bonds. The van der Waals surface area contributed by atoms with Crippen molar-refractivity contribution in [3.63, 3.8) is 0 Å². The molecule has 22 heavy (non-hydrogen) atoms. The molecule has 1 fully saturated rings. The molecule has 2 heterocycles. The fraction of sp³-hybridized carbons (Fsp3) is 0.571. The van der Waals surface area contributed by atoms with Gasteiger partial charge in [-0.15, -0.1) is 0 Å². The van der Waals surface area contributed by atoms with Gasteiger partial charge in [0.15, 0.2) is 5.60 Å². The second kappa shape index (κ2) is 5.12. The molecular formula is C14H16F3N3O2. The average Bonchev–Trinajstić information content (AvgIpc) is 2.83. The van der Waals surface area contributed by atoms with Crippen LogP contribution in [0.15, 0.2) is 12.3 Å². The zero-order valence-corrected chi connectivity index (χ0v) is 12.0. The van der Waals surface area contributed by atoms with Crippen LogP contribution in [-0.4, -0.2) is 47.9 Å². The quantitative estimate of drug-likeness (QED) is 0.911. The van der Waals surface area contributed by atoms with Gasteiger partial charge in [0, 0.05) is 13.3 Å². The standard InChI is InChI=1S/C14H16F3N3O2/c1-22-13(14(15,16)17)7-20(8-13)12(21)19-11-5-9-3-2-4-10(9)6-18-11/h5-6H,2-4,7-8H2,1H3,(H,18,19,21). The fourth-order valence-electron chi connectivity index (χ4n) is 2.85. The minimum absolute atomic E-state index is 0.368. The molecule has 8 heteroatoms. The Hall–Kier alpha value is -1.83. The summed E-state index contributed by atoms with van der Waals surface area (Å²) in [5.74, 6) is 0.368. The number of carbonyl (C=O) groups is 1. The van der Waals surface area contributed by atoms with Crippen molar-refractivity contribution in [3.8, 4) is 0 Å². The topological polar surface area (TPSA) is 54.5 Å². The lowest BCUT2D eigenvalue weighted by atomic mass is 9.93. The highest BCUT2D eigenvalue weighted by Gasteiger charge is 2.63. The number of carbonyl (C=O) groups excluding carboxylic acids is 1. The highest BCUT2D eigenvalue weighted by atomic mass is 19.4. The van der Waals surface area contributed by atoms with E-state index in [-0.39, 0.29) is 0 Å². The van der Waals surface area contributed by atoms with Crippen molar-refractivity contribution in [3.05, 3.63) is 23.4 Å². The van der Waals surface area contributed by atoms with E-state index in [9.17, 15) is 18.0 Å². The maximum Gasteiger partial charge on any atom is 0.420 e.